The van der Waals surface area contributed by atoms with Crippen LogP contribution in [0, 0.1) is 32.2 Å². The summed E-state index contributed by atoms with van der Waals surface area (Å²) in [5.41, 5.74) is 7.14. The first-order valence-corrected chi connectivity index (χ1v) is 8.46. The van der Waals surface area contributed by atoms with Gasteiger partial charge in [-0.05, 0) is 61.4 Å². The van der Waals surface area contributed by atoms with Crippen LogP contribution in [0.5, 0.6) is 0 Å². The molecule has 0 aliphatic rings. The van der Waals surface area contributed by atoms with Crippen molar-refractivity contribution in [2.45, 2.75) is 26.3 Å². The van der Waals surface area contributed by atoms with Crippen LogP contribution in [0.3, 0.4) is 0 Å². The number of hydrogen-bond donors (Lipinski definition) is 2. The Labute approximate surface area is 136 Å². The smallest absolute Gasteiger partial charge is 0.178 e. The van der Waals surface area contributed by atoms with E-state index >= 15 is 0 Å². The average Bonchev–Trinajstić information content (AvgIpc) is 2.48. The van der Waals surface area contributed by atoms with Crippen LogP contribution in [-0.2, 0) is 0 Å². The molecule has 114 valence electrons. The molecule has 0 aliphatic heterocycles. The molecule has 22 heavy (non-hydrogen) atoms. The molecule has 0 spiro atoms. The van der Waals surface area contributed by atoms with Crippen molar-refractivity contribution >= 4 is 17.4 Å². The summed E-state index contributed by atoms with van der Waals surface area (Å²) >= 11 is 1.56. The number of thioether (sulfide) groups is 1. The predicted molar refractivity (Wildman–Crippen MR) is 95.8 cm³/mol. The second-order valence-electron chi connectivity index (χ2n) is 5.37. The lowest BCUT2D eigenvalue weighted by molar-refractivity contribution is 0.885. The molecule has 1 atom stereocenters. The quantitative estimate of drug-likeness (QED) is 0.488. The largest absolute Gasteiger partial charge is 0.356 e. The molecule has 0 radical (unpaired) electrons. The highest BCUT2D eigenvalue weighted by molar-refractivity contribution is 7.99. The molecule has 2 aromatic carbocycles. The van der Waals surface area contributed by atoms with Gasteiger partial charge in [0.05, 0.1) is 0 Å². The van der Waals surface area contributed by atoms with Crippen molar-refractivity contribution in [2.75, 3.05) is 11.6 Å². The van der Waals surface area contributed by atoms with Gasteiger partial charge in [-0.2, -0.15) is 5.26 Å². The molecule has 0 saturated heterocycles. The van der Waals surface area contributed by atoms with Crippen LogP contribution in [0.25, 0.3) is 11.1 Å². The van der Waals surface area contributed by atoms with Crippen LogP contribution in [0.4, 0.5) is 5.69 Å². The Morgan fingerprint density at radius 1 is 1.05 bits per heavy atom. The fourth-order valence-corrected chi connectivity index (χ4v) is 3.01. The van der Waals surface area contributed by atoms with Gasteiger partial charge < -0.3 is 5.32 Å². The van der Waals surface area contributed by atoms with E-state index in [0.29, 0.717) is 0 Å². The maximum absolute atomic E-state index is 8.76. The number of nitriles is 1. The molecular weight excluding hydrogens is 290 g/mol. The van der Waals surface area contributed by atoms with E-state index in [4.69, 9.17) is 5.26 Å². The van der Waals surface area contributed by atoms with E-state index < -0.39 is 0 Å². The summed E-state index contributed by atoms with van der Waals surface area (Å²) in [4.78, 5) is 0. The Balaban J connectivity index is 2.33. The molecule has 2 rings (SSSR count). The van der Waals surface area contributed by atoms with E-state index in [0.717, 1.165) is 5.69 Å². The minimum absolute atomic E-state index is 0.117. The van der Waals surface area contributed by atoms with Gasteiger partial charge in [-0.3, -0.25) is 5.32 Å². The summed E-state index contributed by atoms with van der Waals surface area (Å²) in [6.07, 6.45) is 3.94. The predicted octanol–water partition coefficient (Wildman–Crippen LogP) is 4.41. The van der Waals surface area contributed by atoms with Gasteiger partial charge in [0.15, 0.2) is 11.7 Å². The normalized spacial score (nSPS) is 11.6. The van der Waals surface area contributed by atoms with Gasteiger partial charge in [0, 0.05) is 5.69 Å². The minimum atomic E-state index is -0.117. The molecule has 0 heterocycles. The number of hydrogen-bond acceptors (Lipinski definition) is 4. The third-order valence-corrected chi connectivity index (χ3v) is 4.31. The van der Waals surface area contributed by atoms with Crippen LogP contribution < -0.4 is 10.6 Å². The monoisotopic (exact) mass is 311 g/mol. The number of nitrogens with zero attached hydrogens (tertiary/aromatic N) is 1. The molecule has 0 aliphatic carbocycles. The van der Waals surface area contributed by atoms with Crippen molar-refractivity contribution in [3.63, 3.8) is 0 Å². The standard InChI is InChI=1S/C18H21N3S/c1-12-5-7-15(8-6-12)17-13(2)9-16(10-14(17)3)21-18(22-4)20-11-19/h5-10,18,20-21H,1-4H3. The summed E-state index contributed by atoms with van der Waals surface area (Å²) in [6.45, 7) is 6.35. The molecule has 0 fully saturated rings. The van der Waals surface area contributed by atoms with Gasteiger partial charge in [0.2, 0.25) is 0 Å². The van der Waals surface area contributed by atoms with E-state index in [9.17, 15) is 0 Å². The van der Waals surface area contributed by atoms with Crippen molar-refractivity contribution in [1.82, 2.24) is 5.32 Å². The summed E-state index contributed by atoms with van der Waals surface area (Å²) in [6, 6.07) is 12.9. The van der Waals surface area contributed by atoms with Crippen LogP contribution in [0.2, 0.25) is 0 Å². The molecule has 4 heteroatoms. The Morgan fingerprint density at radius 2 is 1.64 bits per heavy atom. The highest BCUT2D eigenvalue weighted by Gasteiger charge is 2.10. The van der Waals surface area contributed by atoms with E-state index in [1.54, 1.807) is 11.8 Å². The van der Waals surface area contributed by atoms with Crippen molar-refractivity contribution in [3.8, 4) is 17.3 Å². The lowest BCUT2D eigenvalue weighted by atomic mass is 9.94. The first kappa shape index (κ1) is 16.3. The molecular formula is C18H21N3S. The maximum Gasteiger partial charge on any atom is 0.178 e. The number of rotatable bonds is 5. The van der Waals surface area contributed by atoms with E-state index in [-0.39, 0.29) is 5.50 Å². The Kier molecular flexibility index (Phi) is 5.35. The lowest BCUT2D eigenvalue weighted by Gasteiger charge is -2.19. The summed E-state index contributed by atoms with van der Waals surface area (Å²) in [7, 11) is 0. The van der Waals surface area contributed by atoms with Gasteiger partial charge in [-0.1, -0.05) is 29.8 Å². The molecule has 3 nitrogen and oxygen atoms in total. The Hall–Kier alpha value is -2.12. The van der Waals surface area contributed by atoms with Gasteiger partial charge in [-0.15, -0.1) is 11.8 Å². The summed E-state index contributed by atoms with van der Waals surface area (Å²) < 4.78 is 0. The number of benzene rings is 2. The topological polar surface area (TPSA) is 47.9 Å². The molecule has 0 amide bonds. The zero-order chi connectivity index (χ0) is 16.1. The summed E-state index contributed by atoms with van der Waals surface area (Å²) in [5, 5.41) is 14.8. The third kappa shape index (κ3) is 3.75. The summed E-state index contributed by atoms with van der Waals surface area (Å²) in [5.74, 6) is 0. The van der Waals surface area contributed by atoms with Gasteiger partial charge in [0.1, 0.15) is 0 Å². The SMILES string of the molecule is CSC(NC#N)Nc1cc(C)c(-c2ccc(C)cc2)c(C)c1. The zero-order valence-corrected chi connectivity index (χ0v) is 14.2. The maximum atomic E-state index is 8.76. The van der Waals surface area contributed by atoms with Crippen molar-refractivity contribution in [3.05, 3.63) is 53.1 Å². The number of anilines is 1. The Morgan fingerprint density at radius 3 is 2.14 bits per heavy atom. The highest BCUT2D eigenvalue weighted by Crippen LogP contribution is 2.30. The second kappa shape index (κ2) is 7.24. The number of aryl methyl sites for hydroxylation is 3. The third-order valence-electron chi connectivity index (χ3n) is 3.60. The second-order valence-corrected chi connectivity index (χ2v) is 6.31. The van der Waals surface area contributed by atoms with Crippen LogP contribution in [0.15, 0.2) is 36.4 Å². The van der Waals surface area contributed by atoms with E-state index in [2.05, 4.69) is 67.8 Å². The Bertz CT molecular complexity index is 663. The van der Waals surface area contributed by atoms with E-state index in [1.165, 1.54) is 27.8 Å². The molecule has 1 unspecified atom stereocenters. The minimum Gasteiger partial charge on any atom is -0.356 e. The first-order chi connectivity index (χ1) is 10.5. The van der Waals surface area contributed by atoms with E-state index in [1.807, 2.05) is 12.4 Å². The zero-order valence-electron chi connectivity index (χ0n) is 13.4. The van der Waals surface area contributed by atoms with Crippen molar-refractivity contribution in [1.29, 1.82) is 5.26 Å². The average molecular weight is 311 g/mol. The molecule has 0 aromatic heterocycles. The van der Waals surface area contributed by atoms with Crippen molar-refractivity contribution < 1.29 is 0 Å². The molecule has 0 bridgehead atoms. The van der Waals surface area contributed by atoms with Gasteiger partial charge in [-0.25, -0.2) is 0 Å². The fraction of sp³-hybridized carbons (Fsp3) is 0.278. The van der Waals surface area contributed by atoms with Crippen LogP contribution in [-0.4, -0.2) is 11.8 Å². The van der Waals surface area contributed by atoms with Crippen molar-refractivity contribution in [2.24, 2.45) is 0 Å². The van der Waals surface area contributed by atoms with Gasteiger partial charge in [0.25, 0.3) is 0 Å². The van der Waals surface area contributed by atoms with Crippen LogP contribution >= 0.6 is 11.8 Å². The first-order valence-electron chi connectivity index (χ1n) is 7.17. The number of nitrogens with one attached hydrogen (secondary N) is 2. The molecule has 2 N–H and O–H groups in total. The lowest BCUT2D eigenvalue weighted by Crippen LogP contribution is -2.29. The molecule has 2 aromatic rings. The highest BCUT2D eigenvalue weighted by atomic mass is 32.2. The van der Waals surface area contributed by atoms with Crippen LogP contribution in [0.1, 0.15) is 16.7 Å². The molecule has 0 saturated carbocycles. The fourth-order valence-electron chi connectivity index (χ4n) is 2.59. The van der Waals surface area contributed by atoms with Gasteiger partial charge >= 0.3 is 0 Å².